The molecule has 0 fully saturated rings. The monoisotopic (exact) mass is 427 g/mol. The van der Waals surface area contributed by atoms with Crippen molar-refractivity contribution >= 4 is 54.8 Å². The Labute approximate surface area is 140 Å². The van der Waals surface area contributed by atoms with E-state index < -0.39 is 0 Å². The minimum atomic E-state index is -0.208. The van der Waals surface area contributed by atoms with Crippen molar-refractivity contribution in [3.05, 3.63) is 50.2 Å². The van der Waals surface area contributed by atoms with Crippen LogP contribution in [0.15, 0.2) is 45.3 Å². The number of pyridine rings is 1. The predicted octanol–water partition coefficient (Wildman–Crippen LogP) is 3.50. The number of rotatable bonds is 3. The van der Waals surface area contributed by atoms with Gasteiger partial charge in [0.1, 0.15) is 12.7 Å². The number of aromatic nitrogens is 4. The SMILES string of the molecule is O=C(Nc1cccnc1-n1cncn1)c1cc(Br)c(Br)s1. The van der Waals surface area contributed by atoms with Crippen LogP contribution in [-0.2, 0) is 0 Å². The van der Waals surface area contributed by atoms with Gasteiger partial charge in [0.15, 0.2) is 5.82 Å². The number of thiophene rings is 1. The van der Waals surface area contributed by atoms with Crippen LogP contribution in [0.2, 0.25) is 0 Å². The average molecular weight is 429 g/mol. The van der Waals surface area contributed by atoms with Crippen molar-refractivity contribution in [2.75, 3.05) is 5.32 Å². The van der Waals surface area contributed by atoms with Crippen molar-refractivity contribution in [3.63, 3.8) is 0 Å². The average Bonchev–Trinajstić information content (AvgIpc) is 3.10. The van der Waals surface area contributed by atoms with Gasteiger partial charge in [-0.1, -0.05) is 0 Å². The van der Waals surface area contributed by atoms with Crippen molar-refractivity contribution in [2.24, 2.45) is 0 Å². The fourth-order valence-corrected chi connectivity index (χ4v) is 3.57. The molecule has 0 aliphatic heterocycles. The van der Waals surface area contributed by atoms with Gasteiger partial charge < -0.3 is 5.32 Å². The number of carbonyl (C=O) groups excluding carboxylic acids is 1. The Hall–Kier alpha value is -1.58. The maximum Gasteiger partial charge on any atom is 0.265 e. The topological polar surface area (TPSA) is 72.7 Å². The van der Waals surface area contributed by atoms with E-state index in [0.29, 0.717) is 16.4 Å². The molecular weight excluding hydrogens is 422 g/mol. The molecule has 0 radical (unpaired) electrons. The van der Waals surface area contributed by atoms with Crippen LogP contribution >= 0.6 is 43.2 Å². The van der Waals surface area contributed by atoms with Crippen LogP contribution in [0.3, 0.4) is 0 Å². The second-order valence-corrected chi connectivity index (χ2v) is 7.13. The molecule has 3 aromatic heterocycles. The fraction of sp³-hybridized carbons (Fsp3) is 0. The van der Waals surface area contributed by atoms with E-state index in [4.69, 9.17) is 0 Å². The summed E-state index contributed by atoms with van der Waals surface area (Å²) in [6.45, 7) is 0. The molecule has 1 N–H and O–H groups in total. The molecule has 0 unspecified atom stereocenters. The minimum absolute atomic E-state index is 0.208. The third-order valence-electron chi connectivity index (χ3n) is 2.54. The maximum absolute atomic E-state index is 12.3. The Morgan fingerprint density at radius 3 is 2.90 bits per heavy atom. The molecule has 3 rings (SSSR count). The highest BCUT2D eigenvalue weighted by molar-refractivity contribution is 9.13. The molecule has 9 heteroatoms. The first kappa shape index (κ1) is 14.4. The molecule has 0 aromatic carbocycles. The summed E-state index contributed by atoms with van der Waals surface area (Å²) in [7, 11) is 0. The van der Waals surface area contributed by atoms with Crippen LogP contribution in [0.5, 0.6) is 0 Å². The lowest BCUT2D eigenvalue weighted by atomic mass is 10.3. The Balaban J connectivity index is 1.90. The standard InChI is InChI=1S/C12H7Br2N5OS/c13-7-4-9(21-10(7)14)12(20)18-8-2-1-3-16-11(8)19-6-15-5-17-19/h1-6H,(H,18,20). The van der Waals surface area contributed by atoms with Gasteiger partial charge in [-0.15, -0.1) is 11.3 Å². The first-order valence-electron chi connectivity index (χ1n) is 5.71. The third kappa shape index (κ3) is 3.04. The number of nitrogens with zero attached hydrogens (tertiary/aromatic N) is 4. The highest BCUT2D eigenvalue weighted by atomic mass is 79.9. The zero-order chi connectivity index (χ0) is 14.8. The maximum atomic E-state index is 12.3. The van der Waals surface area contributed by atoms with Crippen molar-refractivity contribution in [2.45, 2.75) is 0 Å². The largest absolute Gasteiger partial charge is 0.318 e. The zero-order valence-electron chi connectivity index (χ0n) is 10.3. The molecule has 3 heterocycles. The predicted molar refractivity (Wildman–Crippen MR) is 86.8 cm³/mol. The number of anilines is 1. The molecule has 0 aliphatic rings. The van der Waals surface area contributed by atoms with Crippen molar-refractivity contribution in [1.29, 1.82) is 0 Å². The number of amides is 1. The highest BCUT2D eigenvalue weighted by Crippen LogP contribution is 2.32. The van der Waals surface area contributed by atoms with Crippen molar-refractivity contribution in [3.8, 4) is 5.82 Å². The van der Waals surface area contributed by atoms with Gasteiger partial charge in [-0.05, 0) is 50.1 Å². The molecular formula is C12H7Br2N5OS. The van der Waals surface area contributed by atoms with Gasteiger partial charge in [-0.3, -0.25) is 4.79 Å². The number of carbonyl (C=O) groups is 1. The Bertz CT molecular complexity index is 767. The Morgan fingerprint density at radius 2 is 2.24 bits per heavy atom. The van der Waals surface area contributed by atoms with Gasteiger partial charge >= 0.3 is 0 Å². The second-order valence-electron chi connectivity index (χ2n) is 3.90. The molecule has 21 heavy (non-hydrogen) atoms. The second kappa shape index (κ2) is 6.04. The van der Waals surface area contributed by atoms with E-state index in [1.54, 1.807) is 24.4 Å². The third-order valence-corrected chi connectivity index (χ3v) is 5.79. The van der Waals surface area contributed by atoms with Gasteiger partial charge in [0.25, 0.3) is 5.91 Å². The van der Waals surface area contributed by atoms with Crippen LogP contribution in [0.25, 0.3) is 5.82 Å². The van der Waals surface area contributed by atoms with E-state index in [2.05, 4.69) is 52.2 Å². The lowest BCUT2D eigenvalue weighted by molar-refractivity contribution is 0.103. The van der Waals surface area contributed by atoms with Crippen molar-refractivity contribution < 1.29 is 4.79 Å². The molecule has 0 bridgehead atoms. The lowest BCUT2D eigenvalue weighted by Crippen LogP contribution is -2.13. The van der Waals surface area contributed by atoms with E-state index in [1.807, 2.05) is 0 Å². The summed E-state index contributed by atoms with van der Waals surface area (Å²) in [5.41, 5.74) is 0.564. The summed E-state index contributed by atoms with van der Waals surface area (Å²) in [5.74, 6) is 0.304. The number of nitrogens with one attached hydrogen (secondary N) is 1. The summed E-state index contributed by atoms with van der Waals surface area (Å²) in [6.07, 6.45) is 4.56. The Morgan fingerprint density at radius 1 is 1.38 bits per heavy atom. The van der Waals surface area contributed by atoms with Crippen LogP contribution < -0.4 is 5.32 Å². The number of hydrogen-bond donors (Lipinski definition) is 1. The first-order valence-corrected chi connectivity index (χ1v) is 8.11. The van der Waals surface area contributed by atoms with Crippen LogP contribution in [-0.4, -0.2) is 25.7 Å². The lowest BCUT2D eigenvalue weighted by Gasteiger charge is -2.08. The van der Waals surface area contributed by atoms with E-state index in [1.165, 1.54) is 28.7 Å². The Kier molecular flexibility index (Phi) is 4.13. The van der Waals surface area contributed by atoms with Gasteiger partial charge in [0, 0.05) is 10.7 Å². The summed E-state index contributed by atoms with van der Waals surface area (Å²) in [5, 5.41) is 6.86. The fourth-order valence-electron chi connectivity index (χ4n) is 1.64. The van der Waals surface area contributed by atoms with Crippen LogP contribution in [0, 0.1) is 0 Å². The minimum Gasteiger partial charge on any atom is -0.318 e. The summed E-state index contributed by atoms with van der Waals surface area (Å²) < 4.78 is 3.21. The molecule has 3 aromatic rings. The van der Waals surface area contributed by atoms with E-state index >= 15 is 0 Å². The number of halogens is 2. The van der Waals surface area contributed by atoms with E-state index in [-0.39, 0.29) is 5.91 Å². The molecule has 6 nitrogen and oxygen atoms in total. The summed E-state index contributed by atoms with van der Waals surface area (Å²) >= 11 is 8.08. The molecule has 1 amide bonds. The van der Waals surface area contributed by atoms with E-state index in [0.717, 1.165) is 8.26 Å². The normalized spacial score (nSPS) is 10.6. The highest BCUT2D eigenvalue weighted by Gasteiger charge is 2.15. The number of hydrogen-bond acceptors (Lipinski definition) is 5. The van der Waals surface area contributed by atoms with Crippen LogP contribution in [0.4, 0.5) is 5.69 Å². The van der Waals surface area contributed by atoms with Gasteiger partial charge in [0.05, 0.1) is 14.4 Å². The molecule has 0 atom stereocenters. The summed E-state index contributed by atoms with van der Waals surface area (Å²) in [6, 6.07) is 5.27. The molecule has 106 valence electrons. The first-order chi connectivity index (χ1) is 10.1. The van der Waals surface area contributed by atoms with Gasteiger partial charge in [-0.2, -0.15) is 5.10 Å². The smallest absolute Gasteiger partial charge is 0.265 e. The molecule has 0 aliphatic carbocycles. The van der Waals surface area contributed by atoms with Gasteiger partial charge in [-0.25, -0.2) is 14.6 Å². The molecule has 0 saturated carbocycles. The molecule has 0 saturated heterocycles. The van der Waals surface area contributed by atoms with Crippen molar-refractivity contribution in [1.82, 2.24) is 19.7 Å². The van der Waals surface area contributed by atoms with Crippen LogP contribution in [0.1, 0.15) is 9.67 Å². The zero-order valence-corrected chi connectivity index (χ0v) is 14.3. The van der Waals surface area contributed by atoms with Gasteiger partial charge in [0.2, 0.25) is 0 Å². The summed E-state index contributed by atoms with van der Waals surface area (Å²) in [4.78, 5) is 21.0. The molecule has 0 spiro atoms. The quantitative estimate of drug-likeness (QED) is 0.692. The van der Waals surface area contributed by atoms with E-state index in [9.17, 15) is 4.79 Å².